The Bertz CT molecular complexity index is 1700. The van der Waals surface area contributed by atoms with Crippen molar-refractivity contribution in [1.82, 2.24) is 0 Å². The second kappa shape index (κ2) is 46.5. The molecule has 0 spiro atoms. The molecule has 0 aromatic carbocycles. The van der Waals surface area contributed by atoms with Crippen molar-refractivity contribution in [2.24, 2.45) is 0 Å². The average molecular weight is 1060 g/mol. The van der Waals surface area contributed by atoms with Crippen LogP contribution in [-0.4, -0.2) is 142 Å². The normalized spacial score (nSPS) is 25.6. The van der Waals surface area contributed by atoms with Crippen molar-refractivity contribution < 1.29 is 69.0 Å². The van der Waals surface area contributed by atoms with Gasteiger partial charge in [0.25, 0.3) is 0 Å². The minimum atomic E-state index is -1.73. The highest BCUT2D eigenvalue weighted by Gasteiger charge is 2.47. The highest BCUT2D eigenvalue weighted by atomic mass is 16.7. The first-order valence-corrected chi connectivity index (χ1v) is 28.1. The van der Waals surface area contributed by atoms with Crippen LogP contribution in [0.1, 0.15) is 155 Å². The fourth-order valence-corrected chi connectivity index (χ4v) is 7.98. The fourth-order valence-electron chi connectivity index (χ4n) is 7.98. The van der Waals surface area contributed by atoms with Gasteiger partial charge in [-0.15, -0.1) is 0 Å². The number of carbonyl (C=O) groups excluding carboxylic acids is 1. The summed E-state index contributed by atoms with van der Waals surface area (Å²) in [7, 11) is 0. The van der Waals surface area contributed by atoms with Gasteiger partial charge in [0, 0.05) is 13.0 Å². The van der Waals surface area contributed by atoms with Gasteiger partial charge >= 0.3 is 5.97 Å². The SMILES string of the molecule is CC/C=C\C/C=C\C/C=C\C/C=C\C/C=C\C/C=C\CCCCC(=O)OC(COCCCCCCCCC/C=C\C/C=C\C/C=C\C/C=C\CC)COC1OC(COC2OC(CO)C(O)C(O)C2O)C(O)C(O)C1O. The standard InChI is InChI=1S/C61H98O14/c1-3-5-7-9-11-13-15-17-19-21-23-25-26-28-30-32-34-36-38-40-42-44-53(63)73-50(47-70-45-43-41-39-37-35-33-31-29-27-24-22-20-18-16-14-12-10-8-6-4-2)48-71-60-59(69)57(67)55(65)52(75-60)49-72-61-58(68)56(66)54(64)51(46-62)74-61/h5-8,11-14,17-20,23-25,27-28,30,34,36,50-52,54-62,64-69H,3-4,9-10,15-16,21-22,26,29,31-33,35,37-49H2,1-2H3/b7-5-,8-6-,13-11-,14-12-,19-17-,20-18-,25-23-,27-24-,30-28-,36-34-. The molecule has 0 aromatic rings. The number of esters is 1. The molecule has 0 radical (unpaired) electrons. The van der Waals surface area contributed by atoms with Gasteiger partial charge in [-0.1, -0.05) is 167 Å². The number of hydrogen-bond acceptors (Lipinski definition) is 14. The molecule has 75 heavy (non-hydrogen) atoms. The lowest BCUT2D eigenvalue weighted by Crippen LogP contribution is -2.61. The predicted octanol–water partition coefficient (Wildman–Crippen LogP) is 9.74. The molecule has 426 valence electrons. The van der Waals surface area contributed by atoms with Crippen LogP contribution in [0.2, 0.25) is 0 Å². The molecule has 14 nitrogen and oxygen atoms in total. The molecule has 2 rings (SSSR count). The number of aliphatic hydroxyl groups excluding tert-OH is 7. The second-order valence-electron chi connectivity index (χ2n) is 19.0. The van der Waals surface area contributed by atoms with E-state index in [4.69, 9.17) is 28.4 Å². The van der Waals surface area contributed by atoms with Gasteiger partial charge in [0.1, 0.15) is 54.9 Å². The molecule has 0 bridgehead atoms. The number of aliphatic hydroxyl groups is 7. The van der Waals surface area contributed by atoms with Crippen LogP contribution in [0.15, 0.2) is 122 Å². The van der Waals surface area contributed by atoms with Gasteiger partial charge in [-0.3, -0.25) is 4.79 Å². The maximum absolute atomic E-state index is 13.1. The third kappa shape index (κ3) is 33.3. The lowest BCUT2D eigenvalue weighted by molar-refractivity contribution is -0.332. The minimum absolute atomic E-state index is 0.0270. The molecule has 2 aliphatic heterocycles. The van der Waals surface area contributed by atoms with E-state index in [1.165, 1.54) is 19.3 Å². The minimum Gasteiger partial charge on any atom is -0.457 e. The van der Waals surface area contributed by atoms with Crippen molar-refractivity contribution in [3.63, 3.8) is 0 Å². The van der Waals surface area contributed by atoms with Crippen molar-refractivity contribution in [1.29, 1.82) is 0 Å². The molecule has 2 heterocycles. The molecule has 0 amide bonds. The van der Waals surface area contributed by atoms with Gasteiger partial charge in [0.05, 0.1) is 26.4 Å². The zero-order valence-corrected chi connectivity index (χ0v) is 45.5. The number of rotatable bonds is 43. The van der Waals surface area contributed by atoms with E-state index < -0.39 is 86.7 Å². The molecule has 0 saturated carbocycles. The summed E-state index contributed by atoms with van der Waals surface area (Å²) < 4.78 is 34.3. The summed E-state index contributed by atoms with van der Waals surface area (Å²) in [5.74, 6) is -0.427. The lowest BCUT2D eigenvalue weighted by atomic mass is 9.98. The third-order valence-electron chi connectivity index (χ3n) is 12.5. The quantitative estimate of drug-likeness (QED) is 0.0172. The summed E-state index contributed by atoms with van der Waals surface area (Å²) in [5, 5.41) is 72.3. The summed E-state index contributed by atoms with van der Waals surface area (Å²) in [6.45, 7) is 3.35. The van der Waals surface area contributed by atoms with E-state index in [2.05, 4.69) is 135 Å². The Kier molecular flexibility index (Phi) is 41.8. The van der Waals surface area contributed by atoms with Gasteiger partial charge in [-0.2, -0.15) is 0 Å². The number of ether oxygens (including phenoxy) is 6. The van der Waals surface area contributed by atoms with E-state index in [0.29, 0.717) is 13.0 Å². The molecule has 0 aliphatic carbocycles. The number of carbonyl (C=O) groups is 1. The first-order valence-electron chi connectivity index (χ1n) is 28.1. The molecule has 0 aromatic heterocycles. The van der Waals surface area contributed by atoms with Crippen LogP contribution in [0.25, 0.3) is 0 Å². The maximum atomic E-state index is 13.1. The summed E-state index contributed by atoms with van der Waals surface area (Å²) in [5.41, 5.74) is 0. The highest BCUT2D eigenvalue weighted by molar-refractivity contribution is 5.69. The van der Waals surface area contributed by atoms with Crippen LogP contribution in [0, 0.1) is 0 Å². The van der Waals surface area contributed by atoms with Crippen LogP contribution in [0.3, 0.4) is 0 Å². The molecule has 14 heteroatoms. The lowest BCUT2D eigenvalue weighted by Gasteiger charge is -2.42. The van der Waals surface area contributed by atoms with Crippen LogP contribution in [0.4, 0.5) is 0 Å². The summed E-state index contributed by atoms with van der Waals surface area (Å²) >= 11 is 0. The molecule has 2 aliphatic rings. The van der Waals surface area contributed by atoms with Crippen molar-refractivity contribution >= 4 is 5.97 Å². The van der Waals surface area contributed by atoms with Crippen molar-refractivity contribution in [2.75, 3.05) is 33.0 Å². The van der Waals surface area contributed by atoms with E-state index in [-0.39, 0.29) is 19.6 Å². The summed E-state index contributed by atoms with van der Waals surface area (Å²) in [6, 6.07) is 0. The summed E-state index contributed by atoms with van der Waals surface area (Å²) in [4.78, 5) is 13.1. The van der Waals surface area contributed by atoms with Crippen molar-refractivity contribution in [2.45, 2.75) is 223 Å². The number of hydrogen-bond donors (Lipinski definition) is 7. The zero-order valence-electron chi connectivity index (χ0n) is 45.5. The highest BCUT2D eigenvalue weighted by Crippen LogP contribution is 2.26. The Morgan fingerprint density at radius 3 is 1.29 bits per heavy atom. The summed E-state index contributed by atoms with van der Waals surface area (Å²) in [6.07, 6.45) is 48.2. The Labute approximate surface area is 450 Å². The van der Waals surface area contributed by atoms with Crippen LogP contribution in [0.5, 0.6) is 0 Å². The Hall–Kier alpha value is -3.61. The van der Waals surface area contributed by atoms with Crippen molar-refractivity contribution in [3.05, 3.63) is 122 Å². The smallest absolute Gasteiger partial charge is 0.306 e. The topological polar surface area (TPSA) is 214 Å². The van der Waals surface area contributed by atoms with Gasteiger partial charge in [-0.05, 0) is 103 Å². The maximum Gasteiger partial charge on any atom is 0.306 e. The largest absolute Gasteiger partial charge is 0.457 e. The number of allylic oxidation sites excluding steroid dienone is 20. The van der Waals surface area contributed by atoms with Gasteiger partial charge in [0.15, 0.2) is 12.6 Å². The fraction of sp³-hybridized carbons (Fsp3) is 0.656. The van der Waals surface area contributed by atoms with Crippen molar-refractivity contribution in [3.8, 4) is 0 Å². The number of unbranched alkanes of at least 4 members (excludes halogenated alkanes) is 9. The first kappa shape index (κ1) is 67.5. The van der Waals surface area contributed by atoms with Crippen LogP contribution < -0.4 is 0 Å². The van der Waals surface area contributed by atoms with Crippen LogP contribution in [-0.2, 0) is 33.2 Å². The van der Waals surface area contributed by atoms with E-state index in [1.807, 2.05) is 0 Å². The Morgan fingerprint density at radius 1 is 0.440 bits per heavy atom. The third-order valence-corrected chi connectivity index (χ3v) is 12.5. The van der Waals surface area contributed by atoms with E-state index in [1.54, 1.807) is 0 Å². The monoisotopic (exact) mass is 1050 g/mol. The zero-order chi connectivity index (χ0) is 54.4. The Morgan fingerprint density at radius 2 is 0.827 bits per heavy atom. The van der Waals surface area contributed by atoms with Gasteiger partial charge in [-0.25, -0.2) is 0 Å². The molecule has 11 atom stereocenters. The molecule has 2 saturated heterocycles. The van der Waals surface area contributed by atoms with Gasteiger partial charge in [0.2, 0.25) is 0 Å². The molecule has 11 unspecified atom stereocenters. The van der Waals surface area contributed by atoms with E-state index >= 15 is 0 Å². The average Bonchev–Trinajstić information content (AvgIpc) is 3.41. The molecule has 2 fully saturated rings. The Balaban J connectivity index is 1.77. The molecular formula is C61H98O14. The molecular weight excluding hydrogens is 957 g/mol. The van der Waals surface area contributed by atoms with E-state index in [9.17, 15) is 40.5 Å². The van der Waals surface area contributed by atoms with Crippen LogP contribution >= 0.6 is 0 Å². The first-order chi connectivity index (χ1) is 36.6. The second-order valence-corrected chi connectivity index (χ2v) is 19.0. The van der Waals surface area contributed by atoms with Gasteiger partial charge < -0.3 is 64.2 Å². The van der Waals surface area contributed by atoms with E-state index in [0.717, 1.165) is 109 Å². The predicted molar refractivity (Wildman–Crippen MR) is 297 cm³/mol. The molecule has 7 N–H and O–H groups in total.